The van der Waals surface area contributed by atoms with E-state index in [-0.39, 0.29) is 0 Å². The lowest BCUT2D eigenvalue weighted by Gasteiger charge is -2.12. The van der Waals surface area contributed by atoms with E-state index < -0.39 is 0 Å². The predicted molar refractivity (Wildman–Crippen MR) is 49.5 cm³/mol. The molecule has 1 N–H and O–H groups in total. The van der Waals surface area contributed by atoms with Crippen LogP contribution in [0.15, 0.2) is 30.6 Å². The molecule has 0 saturated heterocycles. The molecule has 2 nitrogen and oxygen atoms in total. The highest BCUT2D eigenvalue weighted by atomic mass is 14.8. The minimum atomic E-state index is 1.09. The van der Waals surface area contributed by atoms with Gasteiger partial charge in [-0.25, -0.2) is 0 Å². The van der Waals surface area contributed by atoms with Crippen LogP contribution in [-0.4, -0.2) is 11.5 Å². The van der Waals surface area contributed by atoms with Gasteiger partial charge in [-0.05, 0) is 30.5 Å². The summed E-state index contributed by atoms with van der Waals surface area (Å²) < 4.78 is 0. The number of aromatic nitrogens is 1. The van der Waals surface area contributed by atoms with E-state index in [2.05, 4.69) is 22.6 Å². The maximum absolute atomic E-state index is 4.29. The van der Waals surface area contributed by atoms with Crippen LogP contribution in [0.3, 0.4) is 0 Å². The lowest BCUT2D eigenvalue weighted by molar-refractivity contribution is 0.737. The Morgan fingerprint density at radius 2 is 2.33 bits per heavy atom. The molecule has 0 spiro atoms. The van der Waals surface area contributed by atoms with Crippen LogP contribution in [0, 0.1) is 0 Å². The van der Waals surface area contributed by atoms with Gasteiger partial charge in [0.25, 0.3) is 0 Å². The molecule has 0 fully saturated rings. The third-order valence-corrected chi connectivity index (χ3v) is 2.04. The Hall–Kier alpha value is -1.31. The molecule has 1 aromatic heterocycles. The summed E-state index contributed by atoms with van der Waals surface area (Å²) in [6.07, 6.45) is 6.27. The molecule has 1 aliphatic rings. The molecule has 12 heavy (non-hydrogen) atoms. The largest absolute Gasteiger partial charge is 0.391 e. The van der Waals surface area contributed by atoms with Gasteiger partial charge in [0.2, 0.25) is 0 Å². The van der Waals surface area contributed by atoms with Crippen molar-refractivity contribution >= 4 is 5.57 Å². The molecule has 0 aromatic carbocycles. The molecule has 2 heterocycles. The van der Waals surface area contributed by atoms with Crippen molar-refractivity contribution in [3.8, 4) is 0 Å². The molecular formula is C10H12N2. The van der Waals surface area contributed by atoms with Crippen molar-refractivity contribution in [2.45, 2.75) is 12.8 Å². The van der Waals surface area contributed by atoms with Crippen LogP contribution >= 0.6 is 0 Å². The maximum Gasteiger partial charge on any atom is 0.0675 e. The van der Waals surface area contributed by atoms with Gasteiger partial charge in [-0.2, -0.15) is 0 Å². The first-order valence-corrected chi connectivity index (χ1v) is 4.30. The van der Waals surface area contributed by atoms with E-state index in [1.807, 2.05) is 18.3 Å². The van der Waals surface area contributed by atoms with Crippen molar-refractivity contribution < 1.29 is 0 Å². The van der Waals surface area contributed by atoms with Crippen molar-refractivity contribution in [3.63, 3.8) is 0 Å². The van der Waals surface area contributed by atoms with Crippen LogP contribution in [-0.2, 0) is 0 Å². The SMILES string of the molecule is C1=C(c2ccccn2)CCCN1. The second kappa shape index (κ2) is 3.39. The summed E-state index contributed by atoms with van der Waals surface area (Å²) in [5.74, 6) is 0. The number of nitrogens with one attached hydrogen (secondary N) is 1. The first-order chi connectivity index (χ1) is 5.97. The van der Waals surface area contributed by atoms with Crippen LogP contribution in [0.25, 0.3) is 5.57 Å². The van der Waals surface area contributed by atoms with Gasteiger partial charge in [-0.3, -0.25) is 4.98 Å². The van der Waals surface area contributed by atoms with Crippen LogP contribution in [0.5, 0.6) is 0 Å². The van der Waals surface area contributed by atoms with E-state index in [1.165, 1.54) is 12.0 Å². The van der Waals surface area contributed by atoms with Crippen LogP contribution in [0.2, 0.25) is 0 Å². The Morgan fingerprint density at radius 3 is 3.00 bits per heavy atom. The fourth-order valence-electron chi connectivity index (χ4n) is 1.40. The zero-order chi connectivity index (χ0) is 8.23. The highest BCUT2D eigenvalue weighted by molar-refractivity contribution is 5.62. The van der Waals surface area contributed by atoms with Crippen LogP contribution in [0.4, 0.5) is 0 Å². The normalized spacial score (nSPS) is 16.5. The number of pyridine rings is 1. The fraction of sp³-hybridized carbons (Fsp3) is 0.300. The molecule has 2 heteroatoms. The Labute approximate surface area is 72.3 Å². The molecule has 0 radical (unpaired) electrons. The van der Waals surface area contributed by atoms with Gasteiger partial charge in [0, 0.05) is 18.9 Å². The van der Waals surface area contributed by atoms with E-state index >= 15 is 0 Å². The Kier molecular flexibility index (Phi) is 2.08. The summed E-state index contributed by atoms with van der Waals surface area (Å²) in [7, 11) is 0. The number of allylic oxidation sites excluding steroid dienone is 1. The van der Waals surface area contributed by atoms with Gasteiger partial charge in [-0.15, -0.1) is 0 Å². The monoisotopic (exact) mass is 160 g/mol. The minimum Gasteiger partial charge on any atom is -0.391 e. The standard InChI is InChI=1S/C10H12N2/c1-2-7-12-10(5-1)9-4-3-6-11-8-9/h1-2,5,7-8,11H,3-4,6H2. The molecule has 0 aliphatic carbocycles. The molecule has 0 saturated carbocycles. The average Bonchev–Trinajstić information content (AvgIpc) is 2.21. The maximum atomic E-state index is 4.29. The summed E-state index contributed by atoms with van der Waals surface area (Å²) in [6.45, 7) is 1.09. The Morgan fingerprint density at radius 1 is 1.33 bits per heavy atom. The molecule has 0 unspecified atom stereocenters. The van der Waals surface area contributed by atoms with Gasteiger partial charge in [0.1, 0.15) is 0 Å². The lowest BCUT2D eigenvalue weighted by Crippen LogP contribution is -2.13. The number of nitrogens with zero attached hydrogens (tertiary/aromatic N) is 1. The Bertz CT molecular complexity index is 277. The molecule has 2 rings (SSSR count). The van der Waals surface area contributed by atoms with Gasteiger partial charge in [0.15, 0.2) is 0 Å². The zero-order valence-electron chi connectivity index (χ0n) is 6.96. The lowest BCUT2D eigenvalue weighted by atomic mass is 10.1. The van der Waals surface area contributed by atoms with Gasteiger partial charge < -0.3 is 5.32 Å². The zero-order valence-corrected chi connectivity index (χ0v) is 6.96. The van der Waals surface area contributed by atoms with Crippen molar-refractivity contribution in [1.82, 2.24) is 10.3 Å². The summed E-state index contributed by atoms with van der Waals surface area (Å²) in [6, 6.07) is 6.02. The second-order valence-electron chi connectivity index (χ2n) is 2.94. The summed E-state index contributed by atoms with van der Waals surface area (Å²) in [5, 5.41) is 3.23. The quantitative estimate of drug-likeness (QED) is 0.677. The molecule has 0 atom stereocenters. The van der Waals surface area contributed by atoms with E-state index in [1.54, 1.807) is 0 Å². The van der Waals surface area contributed by atoms with Crippen molar-refractivity contribution in [2.75, 3.05) is 6.54 Å². The smallest absolute Gasteiger partial charge is 0.0675 e. The first-order valence-electron chi connectivity index (χ1n) is 4.30. The number of hydrogen-bond acceptors (Lipinski definition) is 2. The fourth-order valence-corrected chi connectivity index (χ4v) is 1.40. The third-order valence-electron chi connectivity index (χ3n) is 2.04. The van der Waals surface area contributed by atoms with Gasteiger partial charge >= 0.3 is 0 Å². The van der Waals surface area contributed by atoms with Crippen molar-refractivity contribution in [1.29, 1.82) is 0 Å². The Balaban J connectivity index is 2.24. The number of rotatable bonds is 1. The molecule has 1 aromatic rings. The van der Waals surface area contributed by atoms with Crippen LogP contribution in [0.1, 0.15) is 18.5 Å². The highest BCUT2D eigenvalue weighted by Crippen LogP contribution is 2.18. The molecule has 0 bridgehead atoms. The average molecular weight is 160 g/mol. The highest BCUT2D eigenvalue weighted by Gasteiger charge is 2.05. The first kappa shape index (κ1) is 7.35. The summed E-state index contributed by atoms with van der Waals surface area (Å²) in [5.41, 5.74) is 2.42. The van der Waals surface area contributed by atoms with Gasteiger partial charge in [0.05, 0.1) is 5.69 Å². The molecule has 1 aliphatic heterocycles. The second-order valence-corrected chi connectivity index (χ2v) is 2.94. The molecule has 62 valence electrons. The molecule has 0 amide bonds. The summed E-state index contributed by atoms with van der Waals surface area (Å²) >= 11 is 0. The van der Waals surface area contributed by atoms with E-state index in [0.29, 0.717) is 0 Å². The number of hydrogen-bond donors (Lipinski definition) is 1. The van der Waals surface area contributed by atoms with E-state index in [9.17, 15) is 0 Å². The molecular weight excluding hydrogens is 148 g/mol. The van der Waals surface area contributed by atoms with Gasteiger partial charge in [-0.1, -0.05) is 6.07 Å². The minimum absolute atomic E-state index is 1.09. The van der Waals surface area contributed by atoms with E-state index in [4.69, 9.17) is 0 Å². The predicted octanol–water partition coefficient (Wildman–Crippen LogP) is 1.81. The van der Waals surface area contributed by atoms with Crippen LogP contribution < -0.4 is 5.32 Å². The van der Waals surface area contributed by atoms with Crippen molar-refractivity contribution in [3.05, 3.63) is 36.3 Å². The summed E-state index contributed by atoms with van der Waals surface area (Å²) in [4.78, 5) is 4.29. The van der Waals surface area contributed by atoms with E-state index in [0.717, 1.165) is 18.7 Å². The third kappa shape index (κ3) is 1.47. The van der Waals surface area contributed by atoms with Crippen molar-refractivity contribution in [2.24, 2.45) is 0 Å². The topological polar surface area (TPSA) is 24.9 Å².